The fourth-order valence-electron chi connectivity index (χ4n) is 2.35. The first kappa shape index (κ1) is 18.6. The van der Waals surface area contributed by atoms with Crippen LogP contribution >= 0.6 is 11.6 Å². The normalized spacial score (nSPS) is 14.8. The average molecular weight is 387 g/mol. The summed E-state index contributed by atoms with van der Waals surface area (Å²) in [5.74, 6) is 0.134. The zero-order valence-corrected chi connectivity index (χ0v) is 15.1. The number of nitro benzene ring substituents is 1. The van der Waals surface area contributed by atoms with Gasteiger partial charge in [0.15, 0.2) is 5.70 Å². The molecule has 0 spiro atoms. The van der Waals surface area contributed by atoms with Crippen LogP contribution in [0.25, 0.3) is 6.08 Å². The summed E-state index contributed by atoms with van der Waals surface area (Å²) in [7, 11) is 0. The second kappa shape index (κ2) is 8.01. The van der Waals surface area contributed by atoms with Crippen LogP contribution in [0.4, 0.5) is 5.69 Å². The summed E-state index contributed by atoms with van der Waals surface area (Å²) < 4.78 is 10.7. The molecule has 0 bridgehead atoms. The lowest BCUT2D eigenvalue weighted by atomic mass is 10.2. The van der Waals surface area contributed by atoms with Crippen LogP contribution in [0.1, 0.15) is 24.5 Å². The van der Waals surface area contributed by atoms with Crippen LogP contribution in [0.3, 0.4) is 0 Å². The summed E-state index contributed by atoms with van der Waals surface area (Å²) in [6.45, 7) is 2.66. The van der Waals surface area contributed by atoms with Crippen molar-refractivity contribution in [1.29, 1.82) is 0 Å². The van der Waals surface area contributed by atoms with Crippen molar-refractivity contribution in [2.45, 2.75) is 13.3 Å². The van der Waals surface area contributed by atoms with E-state index in [0.29, 0.717) is 12.2 Å². The molecule has 1 heterocycles. The molecule has 0 saturated heterocycles. The van der Waals surface area contributed by atoms with Gasteiger partial charge in [0, 0.05) is 12.1 Å². The number of benzene rings is 2. The van der Waals surface area contributed by atoms with Gasteiger partial charge in [-0.15, -0.1) is 0 Å². The zero-order valence-electron chi connectivity index (χ0n) is 14.3. The molecule has 138 valence electrons. The number of nitro groups is 1. The third kappa shape index (κ3) is 4.32. The maximum atomic E-state index is 12.1. The SMILES string of the molecule is CCCOc1ccc(/C=C2/N=C(c3ccc([N+](=O)[O-])cc3Cl)OC2=O)cc1. The number of hydrogen-bond donors (Lipinski definition) is 0. The highest BCUT2D eigenvalue weighted by Crippen LogP contribution is 2.27. The number of carbonyl (C=O) groups is 1. The highest BCUT2D eigenvalue weighted by Gasteiger charge is 2.26. The fourth-order valence-corrected chi connectivity index (χ4v) is 2.61. The molecule has 2 aromatic rings. The van der Waals surface area contributed by atoms with Gasteiger partial charge >= 0.3 is 5.97 Å². The Balaban J connectivity index is 1.83. The summed E-state index contributed by atoms with van der Waals surface area (Å²) >= 11 is 6.06. The average Bonchev–Trinajstić information content (AvgIpc) is 3.01. The minimum absolute atomic E-state index is 0.00838. The molecule has 0 unspecified atom stereocenters. The van der Waals surface area contributed by atoms with Gasteiger partial charge in [-0.1, -0.05) is 30.7 Å². The highest BCUT2D eigenvalue weighted by molar-refractivity contribution is 6.34. The Hall–Kier alpha value is -3.19. The molecule has 1 aliphatic rings. The van der Waals surface area contributed by atoms with E-state index >= 15 is 0 Å². The van der Waals surface area contributed by atoms with Gasteiger partial charge in [0.05, 0.1) is 22.1 Å². The molecule has 0 amide bonds. The Morgan fingerprint density at radius 2 is 2.00 bits per heavy atom. The van der Waals surface area contributed by atoms with Gasteiger partial charge in [0.2, 0.25) is 5.90 Å². The number of ether oxygens (including phenoxy) is 2. The number of esters is 1. The number of aliphatic imine (C=N–C) groups is 1. The number of carbonyl (C=O) groups excluding carboxylic acids is 1. The quantitative estimate of drug-likeness (QED) is 0.318. The van der Waals surface area contributed by atoms with Crippen LogP contribution in [0.5, 0.6) is 5.75 Å². The largest absolute Gasteiger partial charge is 0.494 e. The maximum Gasteiger partial charge on any atom is 0.363 e. The molecule has 8 heteroatoms. The minimum atomic E-state index is -0.620. The number of cyclic esters (lactones) is 1. The summed E-state index contributed by atoms with van der Waals surface area (Å²) in [5.41, 5.74) is 1.02. The van der Waals surface area contributed by atoms with E-state index in [1.54, 1.807) is 30.3 Å². The Labute approximate surface area is 160 Å². The van der Waals surface area contributed by atoms with E-state index < -0.39 is 10.9 Å². The molecule has 7 nitrogen and oxygen atoms in total. The molecule has 0 aliphatic carbocycles. The molecule has 0 saturated carbocycles. The third-order valence-electron chi connectivity index (χ3n) is 3.67. The molecule has 2 aromatic carbocycles. The summed E-state index contributed by atoms with van der Waals surface area (Å²) in [5, 5.41) is 10.9. The number of halogens is 1. The van der Waals surface area contributed by atoms with Crippen LogP contribution in [0.15, 0.2) is 53.2 Å². The lowest BCUT2D eigenvalue weighted by Crippen LogP contribution is -2.06. The van der Waals surface area contributed by atoms with E-state index in [2.05, 4.69) is 4.99 Å². The van der Waals surface area contributed by atoms with E-state index in [1.165, 1.54) is 18.2 Å². The van der Waals surface area contributed by atoms with Crippen molar-refractivity contribution >= 4 is 35.2 Å². The van der Waals surface area contributed by atoms with Crippen LogP contribution in [0.2, 0.25) is 5.02 Å². The molecular weight excluding hydrogens is 372 g/mol. The summed E-state index contributed by atoms with van der Waals surface area (Å²) in [4.78, 5) is 26.5. The van der Waals surface area contributed by atoms with Gasteiger partial charge in [-0.25, -0.2) is 9.79 Å². The van der Waals surface area contributed by atoms with E-state index in [9.17, 15) is 14.9 Å². The van der Waals surface area contributed by atoms with E-state index in [-0.39, 0.29) is 22.3 Å². The predicted molar refractivity (Wildman–Crippen MR) is 101 cm³/mol. The van der Waals surface area contributed by atoms with Gasteiger partial charge in [0.1, 0.15) is 5.75 Å². The van der Waals surface area contributed by atoms with Gasteiger partial charge < -0.3 is 9.47 Å². The van der Waals surface area contributed by atoms with Crippen molar-refractivity contribution < 1.29 is 19.2 Å². The molecule has 3 rings (SSSR count). The Kier molecular flexibility index (Phi) is 5.52. The summed E-state index contributed by atoms with van der Waals surface area (Å²) in [6, 6.07) is 11.1. The van der Waals surface area contributed by atoms with Gasteiger partial charge in [0.25, 0.3) is 5.69 Å². The van der Waals surface area contributed by atoms with Crippen LogP contribution in [0, 0.1) is 10.1 Å². The first-order valence-electron chi connectivity index (χ1n) is 8.17. The molecular formula is C19H15ClN2O5. The molecule has 0 fully saturated rings. The lowest BCUT2D eigenvalue weighted by molar-refractivity contribution is -0.384. The standard InChI is InChI=1S/C19H15ClN2O5/c1-2-9-26-14-6-3-12(4-7-14)10-17-19(23)27-18(21-17)15-8-5-13(22(24)25)11-16(15)20/h3-8,10-11H,2,9H2,1H3/b17-10+. The van der Waals surface area contributed by atoms with Crippen LogP contribution in [-0.4, -0.2) is 23.4 Å². The van der Waals surface area contributed by atoms with Crippen molar-refractivity contribution in [3.8, 4) is 5.75 Å². The van der Waals surface area contributed by atoms with Crippen LogP contribution < -0.4 is 4.74 Å². The maximum absolute atomic E-state index is 12.1. The van der Waals surface area contributed by atoms with Crippen molar-refractivity contribution in [2.75, 3.05) is 6.61 Å². The van der Waals surface area contributed by atoms with Gasteiger partial charge in [-0.3, -0.25) is 10.1 Å². The van der Waals surface area contributed by atoms with Crippen molar-refractivity contribution in [3.63, 3.8) is 0 Å². The van der Waals surface area contributed by atoms with E-state index in [4.69, 9.17) is 21.1 Å². The Morgan fingerprint density at radius 1 is 1.26 bits per heavy atom. The third-order valence-corrected chi connectivity index (χ3v) is 3.98. The Bertz CT molecular complexity index is 951. The van der Waals surface area contributed by atoms with Crippen molar-refractivity contribution in [2.24, 2.45) is 4.99 Å². The van der Waals surface area contributed by atoms with Crippen molar-refractivity contribution in [3.05, 3.63) is 74.4 Å². The van der Waals surface area contributed by atoms with Crippen LogP contribution in [-0.2, 0) is 9.53 Å². The number of nitrogens with zero attached hydrogens (tertiary/aromatic N) is 2. The smallest absolute Gasteiger partial charge is 0.363 e. The molecule has 0 N–H and O–H groups in total. The van der Waals surface area contributed by atoms with E-state index in [1.807, 2.05) is 6.92 Å². The molecule has 1 aliphatic heterocycles. The minimum Gasteiger partial charge on any atom is -0.494 e. The van der Waals surface area contributed by atoms with Crippen molar-refractivity contribution in [1.82, 2.24) is 0 Å². The van der Waals surface area contributed by atoms with Gasteiger partial charge in [-0.2, -0.15) is 0 Å². The molecule has 0 atom stereocenters. The topological polar surface area (TPSA) is 91.0 Å². The fraction of sp³-hybridized carbons (Fsp3) is 0.158. The number of hydrogen-bond acceptors (Lipinski definition) is 6. The van der Waals surface area contributed by atoms with E-state index in [0.717, 1.165) is 17.7 Å². The predicted octanol–water partition coefficient (Wildman–Crippen LogP) is 4.38. The van der Waals surface area contributed by atoms with Gasteiger partial charge in [-0.05, 0) is 36.3 Å². The summed E-state index contributed by atoms with van der Waals surface area (Å²) in [6.07, 6.45) is 2.50. The number of rotatable bonds is 6. The monoisotopic (exact) mass is 386 g/mol. The first-order chi connectivity index (χ1) is 13.0. The second-order valence-corrected chi connectivity index (χ2v) is 6.08. The molecule has 0 aromatic heterocycles. The highest BCUT2D eigenvalue weighted by atomic mass is 35.5. The first-order valence-corrected chi connectivity index (χ1v) is 8.55. The number of non-ortho nitro benzene ring substituents is 1. The molecule has 27 heavy (non-hydrogen) atoms. The molecule has 0 radical (unpaired) electrons. The Morgan fingerprint density at radius 3 is 2.63 bits per heavy atom. The zero-order chi connectivity index (χ0) is 19.4. The second-order valence-electron chi connectivity index (χ2n) is 5.67. The lowest BCUT2D eigenvalue weighted by Gasteiger charge is -2.04.